The molecule has 0 bridgehead atoms. The first kappa shape index (κ1) is 22.1. The third-order valence-corrected chi connectivity index (χ3v) is 6.89. The number of halogens is 3. The maximum Gasteiger partial charge on any atom is 0.266 e. The summed E-state index contributed by atoms with van der Waals surface area (Å²) in [4.78, 5) is 11.8. The van der Waals surface area contributed by atoms with Crippen molar-refractivity contribution in [3.8, 4) is 0 Å². The van der Waals surface area contributed by atoms with E-state index in [4.69, 9.17) is 5.41 Å². The molecule has 3 rings (SSSR count). The lowest BCUT2D eigenvalue weighted by Gasteiger charge is -2.24. The van der Waals surface area contributed by atoms with Crippen LogP contribution in [0.3, 0.4) is 0 Å². The molecule has 1 aromatic heterocycles. The number of sulfone groups is 1. The topological polar surface area (TPSA) is 138 Å². The van der Waals surface area contributed by atoms with Crippen LogP contribution in [0.4, 0.5) is 18.9 Å². The van der Waals surface area contributed by atoms with Gasteiger partial charge in [0, 0.05) is 18.0 Å². The molecular weight excluding hydrogens is 447 g/mol. The summed E-state index contributed by atoms with van der Waals surface area (Å²) in [7, 11) is -3.08. The molecule has 14 heteroatoms. The quantitative estimate of drug-likeness (QED) is 0.233. The number of benzene rings is 1. The molecule has 2 aromatic rings. The van der Waals surface area contributed by atoms with Crippen LogP contribution in [0.15, 0.2) is 27.9 Å². The SMILES string of the molecule is N=C(Nc1ccc(F)c(C(F)F)c1)c1nonc1SCCNC(=O)C1CS(=O)(=O)C1. The summed E-state index contributed by atoms with van der Waals surface area (Å²) in [5.41, 5.74) is -0.714. The molecule has 1 aliphatic heterocycles. The van der Waals surface area contributed by atoms with Gasteiger partial charge in [0.15, 0.2) is 26.4 Å². The fourth-order valence-corrected chi connectivity index (χ4v) is 4.79. The van der Waals surface area contributed by atoms with Gasteiger partial charge in [-0.15, -0.1) is 0 Å². The number of hydrogen-bond donors (Lipinski definition) is 3. The predicted molar refractivity (Wildman–Crippen MR) is 102 cm³/mol. The van der Waals surface area contributed by atoms with Crippen molar-refractivity contribution in [3.05, 3.63) is 35.3 Å². The Morgan fingerprint density at radius 2 is 2.07 bits per heavy atom. The second kappa shape index (κ2) is 9.04. The molecule has 0 saturated carbocycles. The third kappa shape index (κ3) is 5.30. The Morgan fingerprint density at radius 1 is 1.33 bits per heavy atom. The predicted octanol–water partition coefficient (Wildman–Crippen LogP) is 1.84. The van der Waals surface area contributed by atoms with Crippen molar-refractivity contribution < 1.29 is 31.0 Å². The summed E-state index contributed by atoms with van der Waals surface area (Å²) in [6.07, 6.45) is -3.00. The maximum atomic E-state index is 13.4. The van der Waals surface area contributed by atoms with Gasteiger partial charge < -0.3 is 10.6 Å². The molecule has 1 saturated heterocycles. The smallest absolute Gasteiger partial charge is 0.266 e. The molecule has 3 N–H and O–H groups in total. The van der Waals surface area contributed by atoms with E-state index in [1.165, 1.54) is 6.07 Å². The average molecular weight is 463 g/mol. The number of hydrogen-bond acceptors (Lipinski definition) is 8. The van der Waals surface area contributed by atoms with Crippen molar-refractivity contribution in [3.63, 3.8) is 0 Å². The number of carbonyl (C=O) groups is 1. The van der Waals surface area contributed by atoms with E-state index in [0.29, 0.717) is 5.75 Å². The zero-order valence-corrected chi connectivity index (χ0v) is 16.8. The Bertz CT molecular complexity index is 1050. The number of nitrogens with zero attached hydrogens (tertiary/aromatic N) is 2. The zero-order valence-electron chi connectivity index (χ0n) is 15.2. The maximum absolute atomic E-state index is 13.4. The van der Waals surface area contributed by atoms with Gasteiger partial charge in [0.2, 0.25) is 5.91 Å². The second-order valence-electron chi connectivity index (χ2n) is 6.37. The van der Waals surface area contributed by atoms with Gasteiger partial charge in [0.05, 0.1) is 23.0 Å². The van der Waals surface area contributed by atoms with Crippen LogP contribution in [0.2, 0.25) is 0 Å². The zero-order chi connectivity index (χ0) is 21.9. The molecule has 0 aliphatic carbocycles. The van der Waals surface area contributed by atoms with Crippen molar-refractivity contribution in [2.75, 3.05) is 29.1 Å². The molecule has 0 spiro atoms. The average Bonchev–Trinajstić information content (AvgIpc) is 3.13. The molecule has 9 nitrogen and oxygen atoms in total. The monoisotopic (exact) mass is 463 g/mol. The Hall–Kier alpha value is -2.61. The van der Waals surface area contributed by atoms with Crippen LogP contribution in [-0.2, 0) is 14.6 Å². The first-order chi connectivity index (χ1) is 14.2. The Labute approximate surface area is 173 Å². The summed E-state index contributed by atoms with van der Waals surface area (Å²) in [5, 5.41) is 20.7. The lowest BCUT2D eigenvalue weighted by atomic mass is 10.2. The van der Waals surface area contributed by atoms with E-state index in [1.807, 2.05) is 0 Å². The van der Waals surface area contributed by atoms with Gasteiger partial charge in [-0.1, -0.05) is 11.8 Å². The minimum absolute atomic E-state index is 0.0133. The highest BCUT2D eigenvalue weighted by atomic mass is 32.2. The third-order valence-electron chi connectivity index (χ3n) is 4.12. The van der Waals surface area contributed by atoms with Crippen molar-refractivity contribution in [2.24, 2.45) is 5.92 Å². The van der Waals surface area contributed by atoms with Gasteiger partial charge in [-0.3, -0.25) is 10.2 Å². The lowest BCUT2D eigenvalue weighted by molar-refractivity contribution is -0.124. The number of amides is 1. The van der Waals surface area contributed by atoms with Crippen LogP contribution >= 0.6 is 11.8 Å². The Kier molecular flexibility index (Phi) is 6.65. The highest BCUT2D eigenvalue weighted by molar-refractivity contribution is 7.99. The van der Waals surface area contributed by atoms with Crippen molar-refractivity contribution in [1.82, 2.24) is 15.6 Å². The van der Waals surface area contributed by atoms with Crippen LogP contribution in [0, 0.1) is 17.1 Å². The molecule has 0 atom stereocenters. The van der Waals surface area contributed by atoms with E-state index in [0.717, 1.165) is 23.9 Å². The van der Waals surface area contributed by atoms with E-state index in [1.54, 1.807) is 0 Å². The van der Waals surface area contributed by atoms with E-state index in [9.17, 15) is 26.4 Å². The van der Waals surface area contributed by atoms with E-state index in [2.05, 4.69) is 25.6 Å². The van der Waals surface area contributed by atoms with Crippen molar-refractivity contribution >= 4 is 39.0 Å². The van der Waals surface area contributed by atoms with Gasteiger partial charge >= 0.3 is 0 Å². The summed E-state index contributed by atoms with van der Waals surface area (Å²) >= 11 is 1.12. The summed E-state index contributed by atoms with van der Waals surface area (Å²) < 4.78 is 65.8. The molecular formula is C16H16F3N5O4S2. The molecule has 30 heavy (non-hydrogen) atoms. The number of aromatic nitrogens is 2. The fourth-order valence-electron chi connectivity index (χ4n) is 2.60. The normalized spacial score (nSPS) is 15.6. The number of anilines is 1. The number of rotatable bonds is 8. The Morgan fingerprint density at radius 3 is 2.73 bits per heavy atom. The minimum atomic E-state index is -3.08. The van der Waals surface area contributed by atoms with Crippen LogP contribution in [0.1, 0.15) is 17.7 Å². The van der Waals surface area contributed by atoms with Crippen LogP contribution < -0.4 is 10.6 Å². The van der Waals surface area contributed by atoms with Crippen molar-refractivity contribution in [1.29, 1.82) is 5.41 Å². The van der Waals surface area contributed by atoms with Gasteiger partial charge in [0.25, 0.3) is 6.43 Å². The molecule has 0 radical (unpaired) electrons. The first-order valence-corrected chi connectivity index (χ1v) is 11.3. The molecule has 1 amide bonds. The van der Waals surface area contributed by atoms with Gasteiger partial charge in [-0.05, 0) is 28.5 Å². The minimum Gasteiger partial charge on any atom is -0.355 e. The number of amidine groups is 1. The molecule has 1 aromatic carbocycles. The van der Waals surface area contributed by atoms with E-state index < -0.39 is 33.6 Å². The lowest BCUT2D eigenvalue weighted by Crippen LogP contribution is -2.47. The molecule has 1 aliphatic rings. The summed E-state index contributed by atoms with van der Waals surface area (Å²) in [5.74, 6) is -2.19. The van der Waals surface area contributed by atoms with Gasteiger partial charge in [-0.2, -0.15) is 0 Å². The number of alkyl halides is 2. The number of nitrogens with one attached hydrogen (secondary N) is 3. The first-order valence-electron chi connectivity index (χ1n) is 8.53. The van der Waals surface area contributed by atoms with Gasteiger partial charge in [-0.25, -0.2) is 26.2 Å². The fraction of sp³-hybridized carbons (Fsp3) is 0.375. The number of carbonyl (C=O) groups excluding carboxylic acids is 1. The van der Waals surface area contributed by atoms with Crippen molar-refractivity contribution in [2.45, 2.75) is 11.5 Å². The highest BCUT2D eigenvalue weighted by Gasteiger charge is 2.38. The second-order valence-corrected chi connectivity index (χ2v) is 9.61. The highest BCUT2D eigenvalue weighted by Crippen LogP contribution is 2.26. The largest absolute Gasteiger partial charge is 0.355 e. The van der Waals surface area contributed by atoms with Gasteiger partial charge in [0.1, 0.15) is 5.82 Å². The standard InChI is InChI=1S/C16H16F3N5O4S2/c17-11-2-1-9(5-10(11)13(18)19)22-14(20)12-16(24-28-23-12)29-4-3-21-15(25)8-6-30(26,27)7-8/h1-2,5,8,13H,3-4,6-7H2,(H2,20,22)(H,21,25). The molecule has 2 heterocycles. The molecule has 0 unspecified atom stereocenters. The summed E-state index contributed by atoms with van der Waals surface area (Å²) in [6, 6.07) is 2.96. The molecule has 162 valence electrons. The van der Waals surface area contributed by atoms with Crippen LogP contribution in [-0.4, -0.2) is 54.3 Å². The van der Waals surface area contributed by atoms with Crippen LogP contribution in [0.5, 0.6) is 0 Å². The Balaban J connectivity index is 1.52. The van der Waals surface area contributed by atoms with E-state index in [-0.39, 0.29) is 46.2 Å². The summed E-state index contributed by atoms with van der Waals surface area (Å²) in [6.45, 7) is 0.225. The van der Waals surface area contributed by atoms with Crippen LogP contribution in [0.25, 0.3) is 0 Å². The number of thioether (sulfide) groups is 1. The molecule has 1 fully saturated rings. The van der Waals surface area contributed by atoms with E-state index >= 15 is 0 Å².